The van der Waals surface area contributed by atoms with Crippen molar-refractivity contribution in [2.45, 2.75) is 19.4 Å². The molecule has 0 saturated heterocycles. The molecule has 1 N–H and O–H groups in total. The molecular formula is C16H17NO2. The van der Waals surface area contributed by atoms with Gasteiger partial charge in [0.15, 0.2) is 0 Å². The molecule has 0 fully saturated rings. The average molecular weight is 255 g/mol. The number of hydrogen-bond donors (Lipinski definition) is 1. The summed E-state index contributed by atoms with van der Waals surface area (Å²) in [5.41, 5.74) is 3.34. The molecule has 1 aromatic carbocycles. The molecule has 3 aromatic rings. The van der Waals surface area contributed by atoms with Gasteiger partial charge in [0.05, 0.1) is 18.8 Å². The summed E-state index contributed by atoms with van der Waals surface area (Å²) in [5, 5.41) is 4.69. The second kappa shape index (κ2) is 5.33. The van der Waals surface area contributed by atoms with E-state index in [2.05, 4.69) is 18.3 Å². The van der Waals surface area contributed by atoms with Gasteiger partial charge in [0.25, 0.3) is 0 Å². The van der Waals surface area contributed by atoms with Gasteiger partial charge in [-0.05, 0) is 30.7 Å². The molecular weight excluding hydrogens is 238 g/mol. The van der Waals surface area contributed by atoms with E-state index in [1.807, 2.05) is 30.5 Å². The number of benzene rings is 1. The third-order valence-corrected chi connectivity index (χ3v) is 3.36. The standard InChI is InChI=1S/C16H17NO2/c1-2-17-15(9-12-7-8-18-10-12)14-11-19-16-6-4-3-5-13(14)16/h3-8,10-11,15,17H,2,9H2,1H3. The molecule has 0 aliphatic heterocycles. The molecule has 2 aromatic heterocycles. The quantitative estimate of drug-likeness (QED) is 0.751. The van der Waals surface area contributed by atoms with E-state index >= 15 is 0 Å². The molecule has 0 saturated carbocycles. The Balaban J connectivity index is 1.95. The minimum atomic E-state index is 0.242. The van der Waals surface area contributed by atoms with Crippen molar-refractivity contribution in [3.8, 4) is 0 Å². The van der Waals surface area contributed by atoms with Crippen LogP contribution >= 0.6 is 0 Å². The second-order valence-corrected chi connectivity index (χ2v) is 4.63. The first-order valence-corrected chi connectivity index (χ1v) is 6.59. The molecule has 0 aliphatic rings. The number of para-hydroxylation sites is 1. The minimum absolute atomic E-state index is 0.242. The topological polar surface area (TPSA) is 38.3 Å². The first-order valence-electron chi connectivity index (χ1n) is 6.59. The first-order chi connectivity index (χ1) is 9.38. The van der Waals surface area contributed by atoms with Crippen LogP contribution in [0.4, 0.5) is 0 Å². The number of nitrogens with one attached hydrogen (secondary N) is 1. The Labute approximate surface area is 112 Å². The van der Waals surface area contributed by atoms with E-state index in [0.717, 1.165) is 18.5 Å². The molecule has 0 bridgehead atoms. The minimum Gasteiger partial charge on any atom is -0.472 e. The zero-order chi connectivity index (χ0) is 13.1. The number of furan rings is 2. The zero-order valence-corrected chi connectivity index (χ0v) is 10.9. The maximum Gasteiger partial charge on any atom is 0.134 e. The van der Waals surface area contributed by atoms with E-state index in [9.17, 15) is 0 Å². The monoisotopic (exact) mass is 255 g/mol. The number of fused-ring (bicyclic) bond motifs is 1. The van der Waals surface area contributed by atoms with Crippen LogP contribution in [-0.4, -0.2) is 6.54 Å². The van der Waals surface area contributed by atoms with Crippen molar-refractivity contribution in [3.05, 3.63) is 60.2 Å². The molecule has 3 nitrogen and oxygen atoms in total. The fraction of sp³-hybridized carbons (Fsp3) is 0.250. The normalized spacial score (nSPS) is 12.9. The lowest BCUT2D eigenvalue weighted by molar-refractivity contribution is 0.526. The highest BCUT2D eigenvalue weighted by Gasteiger charge is 2.17. The zero-order valence-electron chi connectivity index (χ0n) is 10.9. The van der Waals surface area contributed by atoms with Crippen LogP contribution in [0.15, 0.2) is 58.0 Å². The maximum atomic E-state index is 5.63. The summed E-state index contributed by atoms with van der Waals surface area (Å²) < 4.78 is 10.8. The third-order valence-electron chi connectivity index (χ3n) is 3.36. The van der Waals surface area contributed by atoms with Gasteiger partial charge in [-0.15, -0.1) is 0 Å². The molecule has 0 spiro atoms. The average Bonchev–Trinajstić information content (AvgIpc) is 3.07. The molecule has 1 atom stereocenters. The lowest BCUT2D eigenvalue weighted by Crippen LogP contribution is -2.22. The van der Waals surface area contributed by atoms with Gasteiger partial charge in [-0.2, -0.15) is 0 Å². The van der Waals surface area contributed by atoms with E-state index in [4.69, 9.17) is 8.83 Å². The highest BCUT2D eigenvalue weighted by molar-refractivity contribution is 5.81. The Morgan fingerprint density at radius 2 is 2.05 bits per heavy atom. The van der Waals surface area contributed by atoms with Gasteiger partial charge in [0, 0.05) is 17.0 Å². The van der Waals surface area contributed by atoms with E-state index < -0.39 is 0 Å². The van der Waals surface area contributed by atoms with E-state index in [1.165, 1.54) is 16.5 Å². The smallest absolute Gasteiger partial charge is 0.134 e. The summed E-state index contributed by atoms with van der Waals surface area (Å²) in [7, 11) is 0. The molecule has 0 radical (unpaired) electrons. The highest BCUT2D eigenvalue weighted by Crippen LogP contribution is 2.28. The predicted octanol–water partition coefficient (Wildman–Crippen LogP) is 3.92. The van der Waals surface area contributed by atoms with Crippen LogP contribution in [-0.2, 0) is 6.42 Å². The van der Waals surface area contributed by atoms with Crippen molar-refractivity contribution >= 4 is 11.0 Å². The Morgan fingerprint density at radius 1 is 1.16 bits per heavy atom. The SMILES string of the molecule is CCNC(Cc1ccoc1)c1coc2ccccc12. The van der Waals surface area contributed by atoms with Gasteiger partial charge in [-0.25, -0.2) is 0 Å². The van der Waals surface area contributed by atoms with Gasteiger partial charge in [-0.1, -0.05) is 25.1 Å². The van der Waals surface area contributed by atoms with Crippen molar-refractivity contribution < 1.29 is 8.83 Å². The maximum absolute atomic E-state index is 5.63. The molecule has 3 rings (SSSR count). The molecule has 3 heteroatoms. The van der Waals surface area contributed by atoms with Crippen LogP contribution in [0, 0.1) is 0 Å². The Hall–Kier alpha value is -2.00. The van der Waals surface area contributed by atoms with Crippen LogP contribution in [0.25, 0.3) is 11.0 Å². The molecule has 2 heterocycles. The van der Waals surface area contributed by atoms with Gasteiger partial charge in [0.2, 0.25) is 0 Å². The summed E-state index contributed by atoms with van der Waals surface area (Å²) in [6, 6.07) is 10.4. The number of hydrogen-bond acceptors (Lipinski definition) is 3. The summed E-state index contributed by atoms with van der Waals surface area (Å²) in [4.78, 5) is 0. The van der Waals surface area contributed by atoms with Crippen molar-refractivity contribution in [2.75, 3.05) is 6.54 Å². The van der Waals surface area contributed by atoms with Crippen LogP contribution in [0.3, 0.4) is 0 Å². The highest BCUT2D eigenvalue weighted by atomic mass is 16.3. The van der Waals surface area contributed by atoms with Crippen molar-refractivity contribution in [1.82, 2.24) is 5.32 Å². The molecule has 1 unspecified atom stereocenters. The van der Waals surface area contributed by atoms with Crippen molar-refractivity contribution in [2.24, 2.45) is 0 Å². The van der Waals surface area contributed by atoms with Gasteiger partial charge < -0.3 is 14.2 Å². The fourth-order valence-corrected chi connectivity index (χ4v) is 2.45. The lowest BCUT2D eigenvalue weighted by atomic mass is 10.00. The largest absolute Gasteiger partial charge is 0.472 e. The number of likely N-dealkylation sites (N-methyl/N-ethyl adjacent to an activating group) is 1. The summed E-state index contributed by atoms with van der Waals surface area (Å²) >= 11 is 0. The molecule has 0 aliphatic carbocycles. The Morgan fingerprint density at radius 3 is 2.84 bits per heavy atom. The first kappa shape index (κ1) is 12.1. The number of rotatable bonds is 5. The lowest BCUT2D eigenvalue weighted by Gasteiger charge is -2.16. The molecule has 19 heavy (non-hydrogen) atoms. The Bertz CT molecular complexity index is 640. The summed E-state index contributed by atoms with van der Waals surface area (Å²) in [6.45, 7) is 3.03. The van der Waals surface area contributed by atoms with Crippen molar-refractivity contribution in [3.63, 3.8) is 0 Å². The van der Waals surface area contributed by atoms with E-state index in [-0.39, 0.29) is 6.04 Å². The Kier molecular flexibility index (Phi) is 3.38. The molecule has 98 valence electrons. The third kappa shape index (κ3) is 2.42. The van der Waals surface area contributed by atoms with Gasteiger partial charge in [0.1, 0.15) is 5.58 Å². The van der Waals surface area contributed by atoms with Crippen LogP contribution in [0.2, 0.25) is 0 Å². The summed E-state index contributed by atoms with van der Waals surface area (Å²) in [6.07, 6.45) is 6.27. The van der Waals surface area contributed by atoms with Crippen molar-refractivity contribution in [1.29, 1.82) is 0 Å². The van der Waals surface area contributed by atoms with Gasteiger partial charge in [-0.3, -0.25) is 0 Å². The van der Waals surface area contributed by atoms with Crippen LogP contribution in [0.1, 0.15) is 24.1 Å². The van der Waals surface area contributed by atoms with E-state index in [0.29, 0.717) is 0 Å². The summed E-state index contributed by atoms with van der Waals surface area (Å²) in [5.74, 6) is 0. The van der Waals surface area contributed by atoms with Gasteiger partial charge >= 0.3 is 0 Å². The van der Waals surface area contributed by atoms with Crippen LogP contribution < -0.4 is 5.32 Å². The molecule has 0 amide bonds. The van der Waals surface area contributed by atoms with Crippen LogP contribution in [0.5, 0.6) is 0 Å². The fourth-order valence-electron chi connectivity index (χ4n) is 2.45. The van der Waals surface area contributed by atoms with E-state index in [1.54, 1.807) is 12.5 Å². The predicted molar refractivity (Wildman–Crippen MR) is 75.0 cm³/mol. The second-order valence-electron chi connectivity index (χ2n) is 4.63.